The molecule has 0 spiro atoms. The van der Waals surface area contributed by atoms with Gasteiger partial charge in [-0.15, -0.1) is 0 Å². The van der Waals surface area contributed by atoms with Crippen molar-refractivity contribution in [1.29, 1.82) is 0 Å². The molecule has 35 heavy (non-hydrogen) atoms. The van der Waals surface area contributed by atoms with Crippen LogP contribution in [0.4, 0.5) is 0 Å². The molecule has 9 atom stereocenters. The standard InChI is InChI=1S/C32H53BrO2/c1-7-9-29(33)30(34)35-24-16-18-31(5)23(20-24)12-13-25-27-15-14-26(22(4)11-8-10-21(2)3)32(27,6)19-17-28(25)31/h12,21-22,24-29H,7-11,13-20H2,1-6H3/t22-,24+,25-,26+,27-,28-,29+,31-,32+/m0/s1. The first-order chi connectivity index (χ1) is 16.6. The van der Waals surface area contributed by atoms with Crippen LogP contribution in [0, 0.1) is 46.3 Å². The van der Waals surface area contributed by atoms with Crippen molar-refractivity contribution in [2.24, 2.45) is 46.3 Å². The number of carbonyl (C=O) groups excluding carboxylic acids is 1. The summed E-state index contributed by atoms with van der Waals surface area (Å²) in [5, 5.41) is 0. The van der Waals surface area contributed by atoms with Gasteiger partial charge in [0.1, 0.15) is 10.9 Å². The zero-order chi connectivity index (χ0) is 25.4. The van der Waals surface area contributed by atoms with Crippen LogP contribution >= 0.6 is 15.9 Å². The Bertz CT molecular complexity index is 774. The van der Waals surface area contributed by atoms with Crippen molar-refractivity contribution in [2.45, 2.75) is 136 Å². The average molecular weight is 550 g/mol. The highest BCUT2D eigenvalue weighted by molar-refractivity contribution is 9.10. The quantitative estimate of drug-likeness (QED) is 0.163. The molecule has 3 saturated carbocycles. The zero-order valence-electron chi connectivity index (χ0n) is 23.6. The molecular weight excluding hydrogens is 496 g/mol. The molecular formula is C32H53BrO2. The number of ether oxygens (including phenoxy) is 1. The highest BCUT2D eigenvalue weighted by Gasteiger charge is 2.59. The van der Waals surface area contributed by atoms with Crippen molar-refractivity contribution >= 4 is 21.9 Å². The van der Waals surface area contributed by atoms with Crippen LogP contribution in [0.2, 0.25) is 0 Å². The molecule has 0 heterocycles. The molecule has 200 valence electrons. The normalized spacial score (nSPS) is 40.3. The van der Waals surface area contributed by atoms with E-state index in [1.807, 2.05) is 0 Å². The van der Waals surface area contributed by atoms with E-state index in [-0.39, 0.29) is 16.9 Å². The second-order valence-corrected chi connectivity index (χ2v) is 15.0. The maximum atomic E-state index is 12.5. The molecule has 0 saturated heterocycles. The Morgan fingerprint density at radius 1 is 1.06 bits per heavy atom. The van der Waals surface area contributed by atoms with Gasteiger partial charge < -0.3 is 4.74 Å². The average Bonchev–Trinajstić information content (AvgIpc) is 3.16. The summed E-state index contributed by atoms with van der Waals surface area (Å²) in [5.74, 6) is 5.19. The van der Waals surface area contributed by atoms with Gasteiger partial charge in [-0.1, -0.05) is 94.8 Å². The Kier molecular flexibility index (Phi) is 8.87. The Morgan fingerprint density at radius 2 is 1.83 bits per heavy atom. The Morgan fingerprint density at radius 3 is 2.54 bits per heavy atom. The number of rotatable bonds is 9. The highest BCUT2D eigenvalue weighted by Crippen LogP contribution is 2.67. The Hall–Kier alpha value is -0.310. The summed E-state index contributed by atoms with van der Waals surface area (Å²) in [7, 11) is 0. The van der Waals surface area contributed by atoms with Crippen LogP contribution in [0.5, 0.6) is 0 Å². The summed E-state index contributed by atoms with van der Waals surface area (Å²) >= 11 is 3.53. The van der Waals surface area contributed by atoms with Gasteiger partial charge in [0, 0.05) is 6.42 Å². The third-order valence-corrected chi connectivity index (χ3v) is 12.2. The molecule has 0 bridgehead atoms. The van der Waals surface area contributed by atoms with Crippen LogP contribution in [0.25, 0.3) is 0 Å². The predicted molar refractivity (Wildman–Crippen MR) is 151 cm³/mol. The molecule has 0 aromatic heterocycles. The van der Waals surface area contributed by atoms with E-state index in [0.717, 1.165) is 61.2 Å². The molecule has 2 nitrogen and oxygen atoms in total. The van der Waals surface area contributed by atoms with Crippen molar-refractivity contribution in [2.75, 3.05) is 0 Å². The van der Waals surface area contributed by atoms with Gasteiger partial charge in [-0.05, 0) is 97.7 Å². The van der Waals surface area contributed by atoms with Crippen molar-refractivity contribution in [3.05, 3.63) is 11.6 Å². The van der Waals surface area contributed by atoms with Crippen LogP contribution in [0.1, 0.15) is 125 Å². The second kappa shape index (κ2) is 11.2. The molecule has 0 unspecified atom stereocenters. The van der Waals surface area contributed by atoms with Crippen molar-refractivity contribution < 1.29 is 9.53 Å². The summed E-state index contributed by atoms with van der Waals surface area (Å²) < 4.78 is 5.98. The molecule has 4 rings (SSSR count). The number of fused-ring (bicyclic) bond motifs is 5. The molecule has 4 aliphatic rings. The molecule has 0 N–H and O–H groups in total. The SMILES string of the molecule is CCC[C@@H](Br)C(=O)O[C@@H]1CC[C@@]2(C)C(=CC[C@H]3[C@@H]4CC[C@H]([C@@H](C)CCCC(C)C)[C@@]4(C)CC[C@@H]32)C1. The topological polar surface area (TPSA) is 26.3 Å². The van der Waals surface area contributed by atoms with Crippen LogP contribution in [-0.4, -0.2) is 16.9 Å². The minimum Gasteiger partial charge on any atom is -0.461 e. The number of allylic oxidation sites excluding steroid dienone is 1. The van der Waals surface area contributed by atoms with Crippen LogP contribution < -0.4 is 0 Å². The fraction of sp³-hybridized carbons (Fsp3) is 0.906. The summed E-state index contributed by atoms with van der Waals surface area (Å²) in [5.41, 5.74) is 2.49. The minimum atomic E-state index is -0.148. The third-order valence-electron chi connectivity index (χ3n) is 11.3. The predicted octanol–water partition coefficient (Wildman–Crippen LogP) is 9.50. The lowest BCUT2D eigenvalue weighted by atomic mass is 9.47. The number of esters is 1. The van der Waals surface area contributed by atoms with E-state index in [0.29, 0.717) is 10.8 Å². The first kappa shape index (κ1) is 27.7. The number of hydrogen-bond acceptors (Lipinski definition) is 2. The molecule has 0 radical (unpaired) electrons. The van der Waals surface area contributed by atoms with Crippen molar-refractivity contribution in [1.82, 2.24) is 0 Å². The van der Waals surface area contributed by atoms with Gasteiger partial charge in [-0.25, -0.2) is 0 Å². The smallest absolute Gasteiger partial charge is 0.320 e. The summed E-state index contributed by atoms with van der Waals surface area (Å²) in [4.78, 5) is 12.4. The second-order valence-electron chi connectivity index (χ2n) is 13.8. The van der Waals surface area contributed by atoms with E-state index in [1.54, 1.807) is 5.57 Å². The van der Waals surface area contributed by atoms with Gasteiger partial charge in [-0.2, -0.15) is 0 Å². The third kappa shape index (κ3) is 5.46. The molecule has 3 fully saturated rings. The molecule has 0 amide bonds. The number of halogens is 1. The monoisotopic (exact) mass is 548 g/mol. The van der Waals surface area contributed by atoms with Crippen LogP contribution in [0.3, 0.4) is 0 Å². The van der Waals surface area contributed by atoms with Gasteiger partial charge in [0.15, 0.2) is 0 Å². The van der Waals surface area contributed by atoms with Gasteiger partial charge in [-0.3, -0.25) is 4.79 Å². The summed E-state index contributed by atoms with van der Waals surface area (Å²) in [6.07, 6.45) is 19.0. The van der Waals surface area contributed by atoms with E-state index in [1.165, 1.54) is 57.8 Å². The number of hydrogen-bond donors (Lipinski definition) is 0. The number of carbonyl (C=O) groups is 1. The minimum absolute atomic E-state index is 0.0531. The molecule has 0 aliphatic heterocycles. The Labute approximate surface area is 224 Å². The van der Waals surface area contributed by atoms with Crippen molar-refractivity contribution in [3.8, 4) is 0 Å². The van der Waals surface area contributed by atoms with Crippen LogP contribution in [0.15, 0.2) is 11.6 Å². The Balaban J connectivity index is 1.42. The largest absolute Gasteiger partial charge is 0.461 e. The highest BCUT2D eigenvalue weighted by atomic mass is 79.9. The molecule has 4 aliphatic carbocycles. The lowest BCUT2D eigenvalue weighted by Crippen LogP contribution is -2.51. The van der Waals surface area contributed by atoms with E-state index >= 15 is 0 Å². The van der Waals surface area contributed by atoms with Gasteiger partial charge in [0.05, 0.1) is 0 Å². The lowest BCUT2D eigenvalue weighted by Gasteiger charge is -2.58. The van der Waals surface area contributed by atoms with Crippen LogP contribution in [-0.2, 0) is 9.53 Å². The lowest BCUT2D eigenvalue weighted by molar-refractivity contribution is -0.150. The molecule has 0 aromatic carbocycles. The van der Waals surface area contributed by atoms with Crippen molar-refractivity contribution in [3.63, 3.8) is 0 Å². The van der Waals surface area contributed by atoms with E-state index in [4.69, 9.17) is 4.74 Å². The first-order valence-electron chi connectivity index (χ1n) is 15.1. The van der Waals surface area contributed by atoms with E-state index in [9.17, 15) is 4.79 Å². The number of alkyl halides is 1. The van der Waals surface area contributed by atoms with E-state index < -0.39 is 0 Å². The summed E-state index contributed by atoms with van der Waals surface area (Å²) in [6, 6.07) is 0. The van der Waals surface area contributed by atoms with Gasteiger partial charge in [0.25, 0.3) is 0 Å². The maximum Gasteiger partial charge on any atom is 0.320 e. The molecule has 0 aromatic rings. The fourth-order valence-electron chi connectivity index (χ4n) is 9.36. The molecule has 3 heteroatoms. The summed E-state index contributed by atoms with van der Waals surface area (Å²) in [6.45, 7) is 14.7. The van der Waals surface area contributed by atoms with Gasteiger partial charge >= 0.3 is 5.97 Å². The first-order valence-corrected chi connectivity index (χ1v) is 16.1. The van der Waals surface area contributed by atoms with E-state index in [2.05, 4.69) is 63.5 Å². The maximum absolute atomic E-state index is 12.5. The van der Waals surface area contributed by atoms with Gasteiger partial charge in [0.2, 0.25) is 0 Å². The fourth-order valence-corrected chi connectivity index (χ4v) is 9.93. The zero-order valence-corrected chi connectivity index (χ0v) is 25.2.